The number of amides is 1. The zero-order valence-electron chi connectivity index (χ0n) is 14.7. The Balaban J connectivity index is 1.57. The van der Waals surface area contributed by atoms with Crippen molar-refractivity contribution in [1.29, 1.82) is 0 Å². The predicted octanol–water partition coefficient (Wildman–Crippen LogP) is 2.63. The van der Waals surface area contributed by atoms with Crippen LogP contribution in [0.2, 0.25) is 0 Å². The molecule has 7 nitrogen and oxygen atoms in total. The van der Waals surface area contributed by atoms with Crippen molar-refractivity contribution in [2.24, 2.45) is 0 Å². The summed E-state index contributed by atoms with van der Waals surface area (Å²) in [5.74, 6) is 1.24. The van der Waals surface area contributed by atoms with Gasteiger partial charge in [0.1, 0.15) is 12.3 Å². The van der Waals surface area contributed by atoms with Crippen molar-refractivity contribution >= 4 is 11.9 Å². The third-order valence-electron chi connectivity index (χ3n) is 4.44. The minimum Gasteiger partial charge on any atom is -0.497 e. The van der Waals surface area contributed by atoms with Gasteiger partial charge in [0, 0.05) is 18.7 Å². The maximum atomic E-state index is 12.2. The van der Waals surface area contributed by atoms with E-state index in [9.17, 15) is 4.79 Å². The van der Waals surface area contributed by atoms with Gasteiger partial charge in [0.05, 0.1) is 7.11 Å². The highest BCUT2D eigenvalue weighted by atomic mass is 16.5. The number of ether oxygens (including phenoxy) is 1. The summed E-state index contributed by atoms with van der Waals surface area (Å²) in [6, 6.07) is 8.03. The maximum absolute atomic E-state index is 12.2. The largest absolute Gasteiger partial charge is 0.497 e. The first-order chi connectivity index (χ1) is 12.2. The summed E-state index contributed by atoms with van der Waals surface area (Å²) in [5.41, 5.74) is 0.829. The summed E-state index contributed by atoms with van der Waals surface area (Å²) < 4.78 is 10.4. The molecule has 0 unspecified atom stereocenters. The van der Waals surface area contributed by atoms with Crippen LogP contribution in [-0.4, -0.2) is 42.8 Å². The SMILES string of the molecule is COc1ccc(-c2noc(N(C)CC(=O)NC3CCCCC3)n2)cc1. The molecule has 134 valence electrons. The van der Waals surface area contributed by atoms with E-state index in [4.69, 9.17) is 9.26 Å². The molecule has 0 saturated heterocycles. The second-order valence-electron chi connectivity index (χ2n) is 6.39. The van der Waals surface area contributed by atoms with E-state index in [1.807, 2.05) is 24.3 Å². The van der Waals surface area contributed by atoms with Crippen LogP contribution in [0.25, 0.3) is 11.4 Å². The molecule has 0 spiro atoms. The minimum atomic E-state index is -0.0152. The third kappa shape index (κ3) is 4.49. The van der Waals surface area contributed by atoms with E-state index in [-0.39, 0.29) is 12.5 Å². The molecule has 1 N–H and O–H groups in total. The molecule has 3 rings (SSSR count). The number of hydrogen-bond acceptors (Lipinski definition) is 6. The lowest BCUT2D eigenvalue weighted by Crippen LogP contribution is -2.42. The van der Waals surface area contributed by atoms with E-state index in [0.717, 1.165) is 24.2 Å². The summed E-state index contributed by atoms with van der Waals surface area (Å²) in [6.45, 7) is 0.195. The molecular weight excluding hydrogens is 320 g/mol. The van der Waals surface area contributed by atoms with E-state index < -0.39 is 0 Å². The normalized spacial score (nSPS) is 15.0. The maximum Gasteiger partial charge on any atom is 0.324 e. The van der Waals surface area contributed by atoms with Crippen LogP contribution >= 0.6 is 0 Å². The Hall–Kier alpha value is -2.57. The molecule has 0 atom stereocenters. The Morgan fingerprint density at radius 3 is 2.68 bits per heavy atom. The summed E-state index contributed by atoms with van der Waals surface area (Å²) >= 11 is 0. The Labute approximate surface area is 147 Å². The van der Waals surface area contributed by atoms with Gasteiger partial charge in [-0.1, -0.05) is 24.4 Å². The van der Waals surface area contributed by atoms with Crippen LogP contribution in [-0.2, 0) is 4.79 Å². The Bertz CT molecular complexity index is 693. The van der Waals surface area contributed by atoms with Crippen molar-refractivity contribution in [3.8, 4) is 17.1 Å². The van der Waals surface area contributed by atoms with Crippen LogP contribution in [0.3, 0.4) is 0 Å². The molecule has 0 bridgehead atoms. The van der Waals surface area contributed by atoms with Gasteiger partial charge in [0.25, 0.3) is 0 Å². The van der Waals surface area contributed by atoms with Gasteiger partial charge in [0.2, 0.25) is 11.7 Å². The van der Waals surface area contributed by atoms with Gasteiger partial charge in [-0.3, -0.25) is 4.79 Å². The number of nitrogens with zero attached hydrogens (tertiary/aromatic N) is 3. The van der Waals surface area contributed by atoms with Gasteiger partial charge in [-0.2, -0.15) is 4.98 Å². The van der Waals surface area contributed by atoms with E-state index in [0.29, 0.717) is 17.9 Å². The van der Waals surface area contributed by atoms with Gasteiger partial charge >= 0.3 is 6.01 Å². The molecule has 7 heteroatoms. The number of carbonyl (C=O) groups is 1. The van der Waals surface area contributed by atoms with Crippen molar-refractivity contribution in [3.63, 3.8) is 0 Å². The van der Waals surface area contributed by atoms with Crippen LogP contribution in [0.5, 0.6) is 5.75 Å². The first-order valence-corrected chi connectivity index (χ1v) is 8.64. The summed E-state index contributed by atoms with van der Waals surface area (Å²) in [7, 11) is 3.39. The highest BCUT2D eigenvalue weighted by Crippen LogP contribution is 2.22. The molecule has 1 saturated carbocycles. The third-order valence-corrected chi connectivity index (χ3v) is 4.44. The van der Waals surface area contributed by atoms with E-state index >= 15 is 0 Å². The molecule has 2 aromatic rings. The van der Waals surface area contributed by atoms with Gasteiger partial charge < -0.3 is 19.5 Å². The minimum absolute atomic E-state index is 0.0152. The quantitative estimate of drug-likeness (QED) is 0.868. The molecule has 25 heavy (non-hydrogen) atoms. The number of methoxy groups -OCH3 is 1. The van der Waals surface area contributed by atoms with Gasteiger partial charge in [0.15, 0.2) is 0 Å². The number of aromatic nitrogens is 2. The first kappa shape index (κ1) is 17.3. The molecule has 1 aliphatic rings. The number of carbonyl (C=O) groups excluding carboxylic acids is 1. The lowest BCUT2D eigenvalue weighted by molar-refractivity contribution is -0.120. The monoisotopic (exact) mass is 344 g/mol. The molecule has 1 heterocycles. The summed E-state index contributed by atoms with van der Waals surface area (Å²) in [6.07, 6.45) is 5.78. The molecule has 1 amide bonds. The van der Waals surface area contributed by atoms with Gasteiger partial charge in [-0.25, -0.2) is 0 Å². The van der Waals surface area contributed by atoms with Crippen molar-refractivity contribution in [2.75, 3.05) is 25.6 Å². The highest BCUT2D eigenvalue weighted by molar-refractivity contribution is 5.80. The molecule has 1 fully saturated rings. The lowest BCUT2D eigenvalue weighted by atomic mass is 9.95. The standard InChI is InChI=1S/C18H24N4O3/c1-22(12-16(23)19-14-6-4-3-5-7-14)18-20-17(21-25-18)13-8-10-15(24-2)11-9-13/h8-11,14H,3-7,12H2,1-2H3,(H,19,23). The van der Waals surface area contributed by atoms with Gasteiger partial charge in [-0.05, 0) is 37.1 Å². The van der Waals surface area contributed by atoms with E-state index in [2.05, 4.69) is 15.5 Å². The van der Waals surface area contributed by atoms with Crippen LogP contribution in [0.15, 0.2) is 28.8 Å². The number of likely N-dealkylation sites (N-methyl/N-ethyl adjacent to an activating group) is 1. The summed E-state index contributed by atoms with van der Waals surface area (Å²) in [5, 5.41) is 7.07. The summed E-state index contributed by atoms with van der Waals surface area (Å²) in [4.78, 5) is 18.2. The molecule has 1 aromatic carbocycles. The fraction of sp³-hybridized carbons (Fsp3) is 0.500. The van der Waals surface area contributed by atoms with Crippen molar-refractivity contribution < 1.29 is 14.1 Å². The lowest BCUT2D eigenvalue weighted by Gasteiger charge is -2.23. The van der Waals surface area contributed by atoms with Crippen molar-refractivity contribution in [3.05, 3.63) is 24.3 Å². The smallest absolute Gasteiger partial charge is 0.324 e. The average molecular weight is 344 g/mol. The molecule has 0 radical (unpaired) electrons. The number of rotatable bonds is 6. The molecule has 0 aliphatic heterocycles. The average Bonchev–Trinajstić information content (AvgIpc) is 3.13. The second-order valence-corrected chi connectivity index (χ2v) is 6.39. The van der Waals surface area contributed by atoms with Crippen molar-refractivity contribution in [1.82, 2.24) is 15.5 Å². The second kappa shape index (κ2) is 8.00. The van der Waals surface area contributed by atoms with Crippen LogP contribution in [0.1, 0.15) is 32.1 Å². The van der Waals surface area contributed by atoms with E-state index in [1.165, 1.54) is 19.3 Å². The fourth-order valence-corrected chi connectivity index (χ4v) is 3.03. The van der Waals surface area contributed by atoms with E-state index in [1.54, 1.807) is 19.1 Å². The van der Waals surface area contributed by atoms with Crippen LogP contribution < -0.4 is 15.0 Å². The zero-order valence-corrected chi connectivity index (χ0v) is 14.7. The Morgan fingerprint density at radius 2 is 2.00 bits per heavy atom. The number of anilines is 1. The molecule has 1 aromatic heterocycles. The Morgan fingerprint density at radius 1 is 1.28 bits per heavy atom. The number of nitrogens with one attached hydrogen (secondary N) is 1. The van der Waals surface area contributed by atoms with Gasteiger partial charge in [-0.15, -0.1) is 0 Å². The number of hydrogen-bond donors (Lipinski definition) is 1. The first-order valence-electron chi connectivity index (χ1n) is 8.64. The molecular formula is C18H24N4O3. The van der Waals surface area contributed by atoms with Crippen molar-refractivity contribution in [2.45, 2.75) is 38.1 Å². The van der Waals surface area contributed by atoms with Crippen LogP contribution in [0.4, 0.5) is 6.01 Å². The predicted molar refractivity (Wildman–Crippen MR) is 94.6 cm³/mol. The zero-order chi connectivity index (χ0) is 17.6. The molecule has 1 aliphatic carbocycles. The Kier molecular flexibility index (Phi) is 5.53. The highest BCUT2D eigenvalue weighted by Gasteiger charge is 2.19. The fourth-order valence-electron chi connectivity index (χ4n) is 3.03. The van der Waals surface area contributed by atoms with Crippen LogP contribution in [0, 0.1) is 0 Å². The topological polar surface area (TPSA) is 80.5 Å². The number of benzene rings is 1.